The SMILES string of the molecule is [c]1cccc2c1NC=CC2. The van der Waals surface area contributed by atoms with E-state index in [1.807, 2.05) is 18.3 Å². The lowest BCUT2D eigenvalue weighted by Crippen LogP contribution is -1.98. The Bertz CT molecular complexity index is 236. The van der Waals surface area contributed by atoms with Crippen molar-refractivity contribution in [2.45, 2.75) is 6.42 Å². The molecule has 2 rings (SSSR count). The van der Waals surface area contributed by atoms with E-state index in [4.69, 9.17) is 0 Å². The van der Waals surface area contributed by atoms with Crippen LogP contribution >= 0.6 is 0 Å². The highest BCUT2D eigenvalue weighted by atomic mass is 14.8. The highest BCUT2D eigenvalue weighted by molar-refractivity contribution is 5.54. The largest absolute Gasteiger partial charge is 0.361 e. The fraction of sp³-hybridized carbons (Fsp3) is 0.111. The Morgan fingerprint density at radius 1 is 1.50 bits per heavy atom. The van der Waals surface area contributed by atoms with E-state index in [0.717, 1.165) is 12.1 Å². The first-order valence-electron chi connectivity index (χ1n) is 3.38. The van der Waals surface area contributed by atoms with E-state index in [1.54, 1.807) is 0 Å². The number of rotatable bonds is 0. The lowest BCUT2D eigenvalue weighted by molar-refractivity contribution is 1.22. The molecule has 1 aliphatic rings. The molecular weight excluding hydrogens is 122 g/mol. The maximum atomic E-state index is 3.13. The van der Waals surface area contributed by atoms with Gasteiger partial charge in [0.15, 0.2) is 0 Å². The molecule has 1 aromatic carbocycles. The second kappa shape index (κ2) is 2.18. The highest BCUT2D eigenvalue weighted by Gasteiger charge is 2.00. The molecule has 0 atom stereocenters. The molecule has 10 heavy (non-hydrogen) atoms. The number of hydrogen-bond acceptors (Lipinski definition) is 1. The van der Waals surface area contributed by atoms with E-state index < -0.39 is 0 Å². The zero-order chi connectivity index (χ0) is 6.81. The molecule has 0 aromatic heterocycles. The third-order valence-electron chi connectivity index (χ3n) is 1.63. The number of benzene rings is 1. The van der Waals surface area contributed by atoms with Gasteiger partial charge in [-0.1, -0.05) is 24.3 Å². The number of allylic oxidation sites excluding steroid dienone is 1. The molecule has 0 saturated carbocycles. The zero-order valence-corrected chi connectivity index (χ0v) is 5.59. The third-order valence-corrected chi connectivity index (χ3v) is 1.63. The summed E-state index contributed by atoms with van der Waals surface area (Å²) < 4.78 is 0. The quantitative estimate of drug-likeness (QED) is 0.566. The number of anilines is 1. The molecule has 0 fully saturated rings. The molecule has 0 aliphatic carbocycles. The maximum Gasteiger partial charge on any atom is 0.0495 e. The van der Waals surface area contributed by atoms with Gasteiger partial charge >= 0.3 is 0 Å². The van der Waals surface area contributed by atoms with E-state index in [2.05, 4.69) is 23.5 Å². The van der Waals surface area contributed by atoms with Gasteiger partial charge in [-0.2, -0.15) is 0 Å². The summed E-state index contributed by atoms with van der Waals surface area (Å²) in [6.45, 7) is 0. The molecule has 0 amide bonds. The van der Waals surface area contributed by atoms with Crippen molar-refractivity contribution in [1.82, 2.24) is 0 Å². The Hall–Kier alpha value is -1.24. The van der Waals surface area contributed by atoms with Crippen molar-refractivity contribution in [3.05, 3.63) is 42.1 Å². The molecule has 1 radical (unpaired) electrons. The summed E-state index contributed by atoms with van der Waals surface area (Å²) in [4.78, 5) is 0. The fourth-order valence-corrected chi connectivity index (χ4v) is 1.10. The van der Waals surface area contributed by atoms with Gasteiger partial charge in [-0.3, -0.25) is 0 Å². The molecule has 1 aliphatic heterocycles. The van der Waals surface area contributed by atoms with Crippen LogP contribution in [0.15, 0.2) is 30.5 Å². The van der Waals surface area contributed by atoms with Gasteiger partial charge in [-0.05, 0) is 18.2 Å². The smallest absolute Gasteiger partial charge is 0.0495 e. The van der Waals surface area contributed by atoms with Gasteiger partial charge in [0.2, 0.25) is 0 Å². The molecule has 1 nitrogen and oxygen atoms in total. The summed E-state index contributed by atoms with van der Waals surface area (Å²) in [7, 11) is 0. The number of nitrogens with one attached hydrogen (secondary N) is 1. The molecule has 0 bridgehead atoms. The van der Waals surface area contributed by atoms with Crippen molar-refractivity contribution in [2.75, 3.05) is 5.32 Å². The van der Waals surface area contributed by atoms with Crippen LogP contribution in [0.4, 0.5) is 5.69 Å². The Morgan fingerprint density at radius 2 is 2.50 bits per heavy atom. The Kier molecular flexibility index (Phi) is 1.21. The zero-order valence-electron chi connectivity index (χ0n) is 5.59. The summed E-state index contributed by atoms with van der Waals surface area (Å²) >= 11 is 0. The summed E-state index contributed by atoms with van der Waals surface area (Å²) in [6, 6.07) is 9.18. The van der Waals surface area contributed by atoms with Crippen LogP contribution in [0.3, 0.4) is 0 Å². The summed E-state index contributed by atoms with van der Waals surface area (Å²) in [6.07, 6.45) is 5.09. The van der Waals surface area contributed by atoms with Crippen LogP contribution in [-0.4, -0.2) is 0 Å². The molecule has 49 valence electrons. The minimum atomic E-state index is 1.03. The molecule has 1 heteroatoms. The Morgan fingerprint density at radius 3 is 3.40 bits per heavy atom. The van der Waals surface area contributed by atoms with Crippen LogP contribution < -0.4 is 5.32 Å². The van der Waals surface area contributed by atoms with Gasteiger partial charge in [0.05, 0.1) is 0 Å². The highest BCUT2D eigenvalue weighted by Crippen LogP contribution is 2.17. The first-order valence-corrected chi connectivity index (χ1v) is 3.38. The van der Waals surface area contributed by atoms with Crippen LogP contribution in [0, 0.1) is 6.07 Å². The topological polar surface area (TPSA) is 12.0 Å². The van der Waals surface area contributed by atoms with Crippen molar-refractivity contribution in [2.24, 2.45) is 0 Å². The molecule has 1 N–H and O–H groups in total. The fourth-order valence-electron chi connectivity index (χ4n) is 1.10. The molecule has 0 unspecified atom stereocenters. The molecule has 0 saturated heterocycles. The van der Waals surface area contributed by atoms with Gasteiger partial charge in [0, 0.05) is 11.8 Å². The van der Waals surface area contributed by atoms with E-state index >= 15 is 0 Å². The van der Waals surface area contributed by atoms with Crippen LogP contribution in [0.25, 0.3) is 0 Å². The van der Waals surface area contributed by atoms with Gasteiger partial charge in [0.1, 0.15) is 0 Å². The van der Waals surface area contributed by atoms with Crippen molar-refractivity contribution in [1.29, 1.82) is 0 Å². The van der Waals surface area contributed by atoms with Crippen LogP contribution in [0.5, 0.6) is 0 Å². The summed E-state index contributed by atoms with van der Waals surface area (Å²) in [5, 5.41) is 3.13. The second-order valence-corrected chi connectivity index (χ2v) is 2.32. The standard InChI is InChI=1S/C9H8N/c1-2-6-9-8(4-1)5-3-7-10-9/h1-4,7,10H,5H2. The summed E-state index contributed by atoms with van der Waals surface area (Å²) in [5.74, 6) is 0. The van der Waals surface area contributed by atoms with Crippen LogP contribution in [0.1, 0.15) is 5.56 Å². The minimum absolute atomic E-state index is 1.03. The number of fused-ring (bicyclic) bond motifs is 1. The first-order chi connectivity index (χ1) is 4.97. The predicted octanol–water partition coefficient (Wildman–Crippen LogP) is 1.97. The molecule has 1 heterocycles. The van der Waals surface area contributed by atoms with Crippen molar-refractivity contribution >= 4 is 5.69 Å². The van der Waals surface area contributed by atoms with Gasteiger partial charge in [0.25, 0.3) is 0 Å². The van der Waals surface area contributed by atoms with Gasteiger partial charge in [-0.25, -0.2) is 0 Å². The monoisotopic (exact) mass is 130 g/mol. The predicted molar refractivity (Wildman–Crippen MR) is 41.7 cm³/mol. The second-order valence-electron chi connectivity index (χ2n) is 2.32. The number of hydrogen-bond donors (Lipinski definition) is 1. The van der Waals surface area contributed by atoms with E-state index in [9.17, 15) is 0 Å². The van der Waals surface area contributed by atoms with Crippen molar-refractivity contribution in [3.63, 3.8) is 0 Å². The average molecular weight is 130 g/mol. The average Bonchev–Trinajstić information content (AvgIpc) is 2.05. The maximum absolute atomic E-state index is 3.13. The van der Waals surface area contributed by atoms with E-state index in [0.29, 0.717) is 0 Å². The van der Waals surface area contributed by atoms with E-state index in [1.165, 1.54) is 5.56 Å². The van der Waals surface area contributed by atoms with Crippen molar-refractivity contribution in [3.8, 4) is 0 Å². The molecule has 0 spiro atoms. The first kappa shape index (κ1) is 5.54. The number of para-hydroxylation sites is 1. The molecular formula is C9H8N. The van der Waals surface area contributed by atoms with Crippen LogP contribution in [0.2, 0.25) is 0 Å². The van der Waals surface area contributed by atoms with Crippen molar-refractivity contribution < 1.29 is 0 Å². The normalized spacial score (nSPS) is 14.0. The Balaban J connectivity index is 2.47. The van der Waals surface area contributed by atoms with Gasteiger partial charge in [-0.15, -0.1) is 0 Å². The lowest BCUT2D eigenvalue weighted by Gasteiger charge is -2.10. The summed E-state index contributed by atoms with van der Waals surface area (Å²) in [5.41, 5.74) is 2.44. The molecule has 1 aromatic rings. The van der Waals surface area contributed by atoms with E-state index in [-0.39, 0.29) is 0 Å². The lowest BCUT2D eigenvalue weighted by atomic mass is 10.1. The van der Waals surface area contributed by atoms with Crippen LogP contribution in [-0.2, 0) is 6.42 Å². The Labute approximate surface area is 60.4 Å². The van der Waals surface area contributed by atoms with Gasteiger partial charge < -0.3 is 5.32 Å². The minimum Gasteiger partial charge on any atom is -0.361 e. The third kappa shape index (κ3) is 0.798.